The summed E-state index contributed by atoms with van der Waals surface area (Å²) in [7, 11) is 1.54. The number of fused-ring (bicyclic) bond motifs is 1. The highest BCUT2D eigenvalue weighted by Crippen LogP contribution is 2.32. The summed E-state index contributed by atoms with van der Waals surface area (Å²) in [6, 6.07) is 9.93. The highest BCUT2D eigenvalue weighted by molar-refractivity contribution is 5.85. The van der Waals surface area contributed by atoms with Crippen LogP contribution in [0.2, 0.25) is 0 Å². The highest BCUT2D eigenvalue weighted by Gasteiger charge is 2.19. The Bertz CT molecular complexity index is 990. The lowest BCUT2D eigenvalue weighted by atomic mass is 10.2. The van der Waals surface area contributed by atoms with E-state index in [0.29, 0.717) is 23.6 Å². The van der Waals surface area contributed by atoms with Crippen LogP contribution < -0.4 is 15.8 Å². The molecule has 0 amide bonds. The van der Waals surface area contributed by atoms with Gasteiger partial charge >= 0.3 is 5.76 Å². The molecule has 1 N–H and O–H groups in total. The number of benzene rings is 2. The van der Waals surface area contributed by atoms with Crippen molar-refractivity contribution in [3.63, 3.8) is 0 Å². The maximum atomic E-state index is 11.6. The Morgan fingerprint density at radius 2 is 2.12 bits per heavy atom. The number of nitrogens with one attached hydrogen (secondary N) is 1. The van der Waals surface area contributed by atoms with E-state index in [1.807, 2.05) is 13.0 Å². The van der Waals surface area contributed by atoms with Crippen molar-refractivity contribution < 1.29 is 14.1 Å². The molecule has 0 aliphatic carbocycles. The molecule has 130 valence electrons. The summed E-state index contributed by atoms with van der Waals surface area (Å²) in [6.07, 6.45) is 0.883. The molecule has 0 saturated heterocycles. The fourth-order valence-electron chi connectivity index (χ4n) is 2.45. The average Bonchev–Trinajstić information content (AvgIpc) is 2.87. The van der Waals surface area contributed by atoms with Gasteiger partial charge in [-0.3, -0.25) is 14.7 Å². The van der Waals surface area contributed by atoms with Crippen molar-refractivity contribution in [3.8, 4) is 5.75 Å². The summed E-state index contributed by atoms with van der Waals surface area (Å²) in [6.45, 7) is 2.60. The minimum Gasteiger partial charge on any atom is -0.494 e. The number of rotatable bonds is 6. The molecule has 25 heavy (non-hydrogen) atoms. The Morgan fingerprint density at radius 1 is 1.32 bits per heavy atom. The zero-order chi connectivity index (χ0) is 18.0. The third-order valence-corrected chi connectivity index (χ3v) is 3.69. The van der Waals surface area contributed by atoms with E-state index in [2.05, 4.69) is 5.32 Å². The van der Waals surface area contributed by atoms with Gasteiger partial charge in [0, 0.05) is 18.8 Å². The van der Waals surface area contributed by atoms with Crippen LogP contribution in [-0.4, -0.2) is 16.1 Å². The van der Waals surface area contributed by atoms with Crippen molar-refractivity contribution in [3.05, 3.63) is 57.1 Å². The van der Waals surface area contributed by atoms with E-state index in [-0.39, 0.29) is 17.0 Å². The smallest absolute Gasteiger partial charge is 0.419 e. The molecule has 0 radical (unpaired) electrons. The minimum absolute atomic E-state index is 0.171. The van der Waals surface area contributed by atoms with Gasteiger partial charge in [0.15, 0.2) is 5.58 Å². The number of nitro groups is 1. The molecule has 0 spiro atoms. The molecule has 0 aliphatic heterocycles. The van der Waals surface area contributed by atoms with E-state index in [4.69, 9.17) is 9.15 Å². The topological polar surface area (TPSA) is 99.5 Å². The minimum atomic E-state index is -0.573. The molecule has 3 rings (SSSR count). The second-order valence-corrected chi connectivity index (χ2v) is 5.52. The molecule has 2 aromatic carbocycles. The second kappa shape index (κ2) is 6.68. The van der Waals surface area contributed by atoms with Crippen molar-refractivity contribution in [1.29, 1.82) is 0 Å². The number of anilines is 2. The fraction of sp³-hybridized carbons (Fsp3) is 0.235. The van der Waals surface area contributed by atoms with Crippen LogP contribution in [0.1, 0.15) is 13.3 Å². The monoisotopic (exact) mass is 343 g/mol. The lowest BCUT2D eigenvalue weighted by Crippen LogP contribution is -2.08. The molecular weight excluding hydrogens is 326 g/mol. The Morgan fingerprint density at radius 3 is 2.84 bits per heavy atom. The summed E-state index contributed by atoms with van der Waals surface area (Å²) in [5, 5.41) is 14.4. The number of ether oxygens (including phenoxy) is 1. The number of aryl methyl sites for hydroxylation is 1. The van der Waals surface area contributed by atoms with Crippen LogP contribution in [0, 0.1) is 10.1 Å². The maximum Gasteiger partial charge on any atom is 0.419 e. The molecule has 0 saturated carbocycles. The zero-order valence-corrected chi connectivity index (χ0v) is 13.8. The summed E-state index contributed by atoms with van der Waals surface area (Å²) in [4.78, 5) is 22.5. The number of oxazole rings is 1. The lowest BCUT2D eigenvalue weighted by molar-refractivity contribution is -0.383. The predicted molar refractivity (Wildman–Crippen MR) is 93.6 cm³/mol. The number of hydrogen-bond donors (Lipinski definition) is 1. The van der Waals surface area contributed by atoms with Gasteiger partial charge in [0.1, 0.15) is 11.4 Å². The van der Waals surface area contributed by atoms with Crippen LogP contribution >= 0.6 is 0 Å². The molecule has 3 aromatic rings. The SMILES string of the molecule is CCCOc1cccc(Nc2cc3c(cc2[N+](=O)[O-])oc(=O)n3C)c1. The van der Waals surface area contributed by atoms with Crippen LogP contribution in [0.5, 0.6) is 5.75 Å². The summed E-state index contributed by atoms with van der Waals surface area (Å²) in [5.74, 6) is 0.0997. The molecule has 1 heterocycles. The van der Waals surface area contributed by atoms with Gasteiger partial charge in [-0.25, -0.2) is 4.79 Å². The number of hydrogen-bond acceptors (Lipinski definition) is 6. The fourth-order valence-corrected chi connectivity index (χ4v) is 2.45. The predicted octanol–water partition coefficient (Wildman–Crippen LogP) is 3.57. The standard InChI is InChI=1S/C17H17N3O5/c1-3-7-24-12-6-4-5-11(8-12)18-13-9-15-16(10-14(13)20(22)23)25-17(21)19(15)2/h4-6,8-10,18H,3,7H2,1-2H3. The first-order chi connectivity index (χ1) is 12.0. The summed E-state index contributed by atoms with van der Waals surface area (Å²) >= 11 is 0. The van der Waals surface area contributed by atoms with Crippen molar-refractivity contribution >= 4 is 28.2 Å². The van der Waals surface area contributed by atoms with Gasteiger partial charge in [0.2, 0.25) is 0 Å². The normalized spacial score (nSPS) is 10.8. The Balaban J connectivity index is 2.02. The first-order valence-electron chi connectivity index (χ1n) is 7.77. The number of nitro benzene ring substituents is 1. The van der Waals surface area contributed by atoms with Gasteiger partial charge in [-0.1, -0.05) is 13.0 Å². The maximum absolute atomic E-state index is 11.6. The summed E-state index contributed by atoms with van der Waals surface area (Å²) < 4.78 is 11.9. The Kier molecular flexibility index (Phi) is 4.42. The van der Waals surface area contributed by atoms with Gasteiger partial charge in [0.25, 0.3) is 5.69 Å². The van der Waals surface area contributed by atoms with Gasteiger partial charge in [-0.2, -0.15) is 0 Å². The molecule has 1 aromatic heterocycles. The first-order valence-corrected chi connectivity index (χ1v) is 7.77. The van der Waals surface area contributed by atoms with E-state index in [9.17, 15) is 14.9 Å². The van der Waals surface area contributed by atoms with Crippen LogP contribution in [0.4, 0.5) is 17.1 Å². The molecule has 0 unspecified atom stereocenters. The molecule has 0 aliphatic rings. The number of aromatic nitrogens is 1. The van der Waals surface area contributed by atoms with Crippen LogP contribution in [-0.2, 0) is 7.05 Å². The zero-order valence-electron chi connectivity index (χ0n) is 13.8. The van der Waals surface area contributed by atoms with Gasteiger partial charge < -0.3 is 14.5 Å². The Labute approximate surface area is 142 Å². The third-order valence-electron chi connectivity index (χ3n) is 3.69. The Hall–Kier alpha value is -3.29. The summed E-state index contributed by atoms with van der Waals surface area (Å²) in [5.41, 5.74) is 1.37. The molecule has 0 bridgehead atoms. The highest BCUT2D eigenvalue weighted by atomic mass is 16.6. The van der Waals surface area contributed by atoms with Crippen LogP contribution in [0.15, 0.2) is 45.6 Å². The van der Waals surface area contributed by atoms with Crippen molar-refractivity contribution in [2.24, 2.45) is 7.05 Å². The van der Waals surface area contributed by atoms with Crippen molar-refractivity contribution in [2.75, 3.05) is 11.9 Å². The van der Waals surface area contributed by atoms with Gasteiger partial charge in [-0.05, 0) is 24.6 Å². The van der Waals surface area contributed by atoms with Crippen molar-refractivity contribution in [1.82, 2.24) is 4.57 Å². The van der Waals surface area contributed by atoms with E-state index in [0.717, 1.165) is 6.42 Å². The lowest BCUT2D eigenvalue weighted by Gasteiger charge is -2.10. The van der Waals surface area contributed by atoms with E-state index < -0.39 is 10.7 Å². The second-order valence-electron chi connectivity index (χ2n) is 5.52. The van der Waals surface area contributed by atoms with Crippen LogP contribution in [0.25, 0.3) is 11.1 Å². The van der Waals surface area contributed by atoms with Crippen LogP contribution in [0.3, 0.4) is 0 Å². The molecule has 0 atom stereocenters. The first kappa shape index (κ1) is 16.6. The quantitative estimate of drug-likeness (QED) is 0.542. The number of nitrogens with zero attached hydrogens (tertiary/aromatic N) is 2. The van der Waals surface area contributed by atoms with E-state index >= 15 is 0 Å². The third kappa shape index (κ3) is 3.32. The van der Waals surface area contributed by atoms with E-state index in [1.165, 1.54) is 16.7 Å². The molecule has 8 heteroatoms. The largest absolute Gasteiger partial charge is 0.494 e. The van der Waals surface area contributed by atoms with Gasteiger partial charge in [0.05, 0.1) is 23.1 Å². The van der Waals surface area contributed by atoms with Crippen molar-refractivity contribution in [2.45, 2.75) is 13.3 Å². The van der Waals surface area contributed by atoms with Gasteiger partial charge in [-0.15, -0.1) is 0 Å². The molecular formula is C17H17N3O5. The van der Waals surface area contributed by atoms with E-state index in [1.54, 1.807) is 25.2 Å². The molecule has 0 fully saturated rings. The molecule has 8 nitrogen and oxygen atoms in total. The average molecular weight is 343 g/mol.